The number of carbonyl (C=O) groups excluding carboxylic acids is 1. The van der Waals surface area contributed by atoms with E-state index in [1.54, 1.807) is 4.90 Å². The normalized spacial score (nSPS) is 18.0. The Morgan fingerprint density at radius 2 is 2.71 bits per heavy atom. The van der Waals surface area contributed by atoms with E-state index in [-0.39, 0.29) is 0 Å². The average molecular weight is 162 g/mol. The minimum absolute atomic E-state index is 0.556. The molecular weight excluding hydrogens is 157 g/mol. The van der Waals surface area contributed by atoms with E-state index in [9.17, 15) is 4.79 Å². The Morgan fingerprint density at radius 1 is 1.86 bits per heavy atom. The molecule has 0 aliphatic carbocycles. The Hall–Kier alpha value is -0.271. The molecule has 0 N–H and O–H groups in total. The Balaban J connectivity index is 2.42. The molecule has 0 fully saturated rings. The van der Waals surface area contributed by atoms with Crippen molar-refractivity contribution in [2.45, 2.75) is 0 Å². The SMILES string of the molecule is O=CN1C=C[Se]C1. The number of hydrogen-bond donors (Lipinski definition) is 0. The summed E-state index contributed by atoms with van der Waals surface area (Å²) in [6.45, 7) is 0. The molecule has 1 rings (SSSR count). The van der Waals surface area contributed by atoms with Gasteiger partial charge < -0.3 is 0 Å². The molecule has 38 valence electrons. The Kier molecular flexibility index (Phi) is 1.49. The summed E-state index contributed by atoms with van der Waals surface area (Å²) in [5.74, 6) is 0. The van der Waals surface area contributed by atoms with Crippen molar-refractivity contribution in [2.75, 3.05) is 5.44 Å². The molecule has 0 atom stereocenters. The van der Waals surface area contributed by atoms with Crippen LogP contribution >= 0.6 is 0 Å². The molecule has 0 aromatic heterocycles. The Labute approximate surface area is 48.3 Å². The van der Waals surface area contributed by atoms with Gasteiger partial charge in [0.15, 0.2) is 0 Å². The third-order valence-electron chi connectivity index (χ3n) is 0.708. The summed E-state index contributed by atoms with van der Waals surface area (Å²) < 4.78 is 0. The molecule has 1 amide bonds. The second-order valence-electron chi connectivity index (χ2n) is 1.20. The van der Waals surface area contributed by atoms with Crippen molar-refractivity contribution >= 4 is 21.4 Å². The fraction of sp³-hybridized carbons (Fsp3) is 0.250. The summed E-state index contributed by atoms with van der Waals surface area (Å²) in [4.78, 5) is 13.6. The fourth-order valence-corrected chi connectivity index (χ4v) is 1.72. The molecule has 1 heterocycles. The standard InChI is InChI=1S/C4H5NOSe/c6-3-5-1-2-7-4-5/h1-3H,4H2. The molecule has 0 bridgehead atoms. The number of nitrogens with zero attached hydrogens (tertiary/aromatic N) is 1. The van der Waals surface area contributed by atoms with Crippen molar-refractivity contribution in [3.63, 3.8) is 0 Å². The van der Waals surface area contributed by atoms with Crippen molar-refractivity contribution in [1.82, 2.24) is 4.90 Å². The minimum atomic E-state index is 0.556. The monoisotopic (exact) mass is 163 g/mol. The summed E-state index contributed by atoms with van der Waals surface area (Å²) in [6.07, 6.45) is 2.68. The van der Waals surface area contributed by atoms with Crippen molar-refractivity contribution in [2.24, 2.45) is 0 Å². The van der Waals surface area contributed by atoms with E-state index in [4.69, 9.17) is 0 Å². The van der Waals surface area contributed by atoms with Gasteiger partial charge in [0.25, 0.3) is 0 Å². The van der Waals surface area contributed by atoms with Crippen molar-refractivity contribution in [3.05, 3.63) is 11.2 Å². The van der Waals surface area contributed by atoms with Crippen LogP contribution in [0, 0.1) is 0 Å². The quantitative estimate of drug-likeness (QED) is 0.379. The first kappa shape index (κ1) is 4.88. The van der Waals surface area contributed by atoms with Gasteiger partial charge >= 0.3 is 47.7 Å². The van der Waals surface area contributed by atoms with E-state index in [1.807, 2.05) is 11.2 Å². The molecule has 1 aliphatic rings. The first-order chi connectivity index (χ1) is 3.43. The second kappa shape index (κ2) is 2.15. The van der Waals surface area contributed by atoms with Gasteiger partial charge in [0, 0.05) is 0 Å². The summed E-state index contributed by atoms with van der Waals surface area (Å²) in [5.41, 5.74) is 0.927. The molecule has 0 aromatic carbocycles. The van der Waals surface area contributed by atoms with Gasteiger partial charge in [-0.1, -0.05) is 0 Å². The molecule has 3 heteroatoms. The van der Waals surface area contributed by atoms with Crippen LogP contribution < -0.4 is 0 Å². The molecule has 0 saturated heterocycles. The number of carbonyl (C=O) groups is 1. The topological polar surface area (TPSA) is 20.3 Å². The van der Waals surface area contributed by atoms with Gasteiger partial charge in [0.05, 0.1) is 0 Å². The molecule has 0 spiro atoms. The van der Waals surface area contributed by atoms with Gasteiger partial charge in [-0.05, 0) is 0 Å². The van der Waals surface area contributed by atoms with Crippen LogP contribution in [0.3, 0.4) is 0 Å². The van der Waals surface area contributed by atoms with Crippen LogP contribution in [0.15, 0.2) is 11.2 Å². The van der Waals surface area contributed by atoms with E-state index in [2.05, 4.69) is 0 Å². The van der Waals surface area contributed by atoms with Gasteiger partial charge in [-0.15, -0.1) is 0 Å². The van der Waals surface area contributed by atoms with Crippen LogP contribution in [0.25, 0.3) is 0 Å². The second-order valence-corrected chi connectivity index (χ2v) is 3.01. The summed E-state index contributed by atoms with van der Waals surface area (Å²) in [7, 11) is 0. The molecule has 0 radical (unpaired) electrons. The third kappa shape index (κ3) is 1.05. The maximum absolute atomic E-state index is 9.89. The van der Waals surface area contributed by atoms with Gasteiger partial charge in [0.1, 0.15) is 0 Å². The molecule has 0 saturated carbocycles. The van der Waals surface area contributed by atoms with Crippen LogP contribution in [0.4, 0.5) is 0 Å². The summed E-state index contributed by atoms with van der Waals surface area (Å²) in [6, 6.07) is 0. The molecule has 0 aromatic rings. The first-order valence-corrected chi connectivity index (χ1v) is 4.13. The Bertz CT molecular complexity index is 102. The van der Waals surface area contributed by atoms with Gasteiger partial charge in [-0.25, -0.2) is 0 Å². The van der Waals surface area contributed by atoms with E-state index in [1.165, 1.54) is 0 Å². The summed E-state index contributed by atoms with van der Waals surface area (Å²) in [5, 5.41) is 0. The van der Waals surface area contributed by atoms with Gasteiger partial charge in [0.2, 0.25) is 0 Å². The zero-order valence-corrected chi connectivity index (χ0v) is 5.42. The zero-order valence-electron chi connectivity index (χ0n) is 3.70. The van der Waals surface area contributed by atoms with Crippen LogP contribution in [-0.4, -0.2) is 31.7 Å². The van der Waals surface area contributed by atoms with Crippen LogP contribution in [0.5, 0.6) is 0 Å². The molecule has 2 nitrogen and oxygen atoms in total. The molecular formula is C4H5NOSe. The van der Waals surface area contributed by atoms with E-state index >= 15 is 0 Å². The maximum atomic E-state index is 9.89. The van der Waals surface area contributed by atoms with Crippen molar-refractivity contribution in [3.8, 4) is 0 Å². The zero-order chi connectivity index (χ0) is 5.11. The molecule has 7 heavy (non-hydrogen) atoms. The fourth-order valence-electron chi connectivity index (χ4n) is 0.359. The number of hydrogen-bond acceptors (Lipinski definition) is 1. The average Bonchev–Trinajstić information content (AvgIpc) is 2.14. The predicted octanol–water partition coefficient (Wildman–Crippen LogP) is -0.409. The molecule has 0 unspecified atom stereocenters. The van der Waals surface area contributed by atoms with Gasteiger partial charge in [-0.2, -0.15) is 0 Å². The van der Waals surface area contributed by atoms with Gasteiger partial charge in [-0.3, -0.25) is 0 Å². The first-order valence-electron chi connectivity index (χ1n) is 1.93. The van der Waals surface area contributed by atoms with Crippen molar-refractivity contribution in [1.29, 1.82) is 0 Å². The van der Waals surface area contributed by atoms with Crippen LogP contribution in [0.1, 0.15) is 0 Å². The van der Waals surface area contributed by atoms with E-state index in [0.29, 0.717) is 15.0 Å². The Morgan fingerprint density at radius 3 is 3.00 bits per heavy atom. The van der Waals surface area contributed by atoms with Crippen LogP contribution in [-0.2, 0) is 4.79 Å². The summed E-state index contributed by atoms with van der Waals surface area (Å²) >= 11 is 0.556. The van der Waals surface area contributed by atoms with Crippen LogP contribution in [0.2, 0.25) is 0 Å². The predicted molar refractivity (Wildman–Crippen MR) is 27.7 cm³/mol. The number of amides is 1. The van der Waals surface area contributed by atoms with E-state index in [0.717, 1.165) is 11.9 Å². The van der Waals surface area contributed by atoms with Crippen molar-refractivity contribution < 1.29 is 4.79 Å². The molecule has 1 aliphatic heterocycles. The number of rotatable bonds is 1. The van der Waals surface area contributed by atoms with E-state index < -0.39 is 0 Å². The third-order valence-corrected chi connectivity index (χ3v) is 2.30.